The first-order valence-electron chi connectivity index (χ1n) is 11.3. The molecule has 1 unspecified atom stereocenters. The van der Waals surface area contributed by atoms with Gasteiger partial charge in [0, 0.05) is 18.7 Å². The van der Waals surface area contributed by atoms with Crippen LogP contribution in [0.2, 0.25) is 0 Å². The second-order valence-corrected chi connectivity index (χ2v) is 8.14. The van der Waals surface area contributed by atoms with Crippen LogP contribution in [0.3, 0.4) is 0 Å². The van der Waals surface area contributed by atoms with Crippen LogP contribution < -0.4 is 14.8 Å². The summed E-state index contributed by atoms with van der Waals surface area (Å²) >= 11 is 0. The number of carbonyl (C=O) groups is 2. The molecule has 34 heavy (non-hydrogen) atoms. The van der Waals surface area contributed by atoms with Crippen molar-refractivity contribution in [1.29, 1.82) is 0 Å². The molecule has 2 aromatic rings. The number of likely N-dealkylation sites (tertiary alicyclic amines) is 1. The molecule has 1 fully saturated rings. The number of rotatable bonds is 8. The SMILES string of the molecule is CCOc1cc(C(=O)NC(C)c2cccc(C(F)(F)F)c2)ccc1OCC(=O)N1CCCCC1. The van der Waals surface area contributed by atoms with Gasteiger partial charge >= 0.3 is 6.18 Å². The van der Waals surface area contributed by atoms with Crippen molar-refractivity contribution in [1.82, 2.24) is 10.2 Å². The van der Waals surface area contributed by atoms with Gasteiger partial charge in [-0.1, -0.05) is 12.1 Å². The molecule has 184 valence electrons. The lowest BCUT2D eigenvalue weighted by Gasteiger charge is -2.26. The van der Waals surface area contributed by atoms with Crippen LogP contribution in [-0.2, 0) is 11.0 Å². The zero-order chi connectivity index (χ0) is 24.7. The molecule has 0 aliphatic carbocycles. The van der Waals surface area contributed by atoms with Crippen molar-refractivity contribution < 1.29 is 32.2 Å². The number of piperidine rings is 1. The number of nitrogens with zero attached hydrogens (tertiary/aromatic N) is 1. The second kappa shape index (κ2) is 11.3. The lowest BCUT2D eigenvalue weighted by Crippen LogP contribution is -2.38. The third-order valence-corrected chi connectivity index (χ3v) is 5.63. The maximum Gasteiger partial charge on any atom is 0.416 e. The Bertz CT molecular complexity index is 1000. The minimum absolute atomic E-state index is 0.0983. The van der Waals surface area contributed by atoms with E-state index in [9.17, 15) is 22.8 Å². The Hall–Kier alpha value is -3.23. The predicted molar refractivity (Wildman–Crippen MR) is 121 cm³/mol. The molecular weight excluding hydrogens is 449 g/mol. The molecule has 3 rings (SSSR count). The van der Waals surface area contributed by atoms with Gasteiger partial charge in [0.25, 0.3) is 11.8 Å². The first-order chi connectivity index (χ1) is 16.2. The van der Waals surface area contributed by atoms with Crippen molar-refractivity contribution >= 4 is 11.8 Å². The standard InChI is InChI=1S/C25H29F3N2O4/c1-3-33-22-15-19(10-11-21(22)34-16-23(31)30-12-5-4-6-13-30)24(32)29-17(2)18-8-7-9-20(14-18)25(26,27)28/h7-11,14-15,17H,3-6,12-13,16H2,1-2H3,(H,29,32). The van der Waals surface area contributed by atoms with Gasteiger partial charge in [-0.05, 0) is 69.0 Å². The maximum atomic E-state index is 13.0. The molecule has 2 amide bonds. The van der Waals surface area contributed by atoms with Crippen LogP contribution in [0.1, 0.15) is 60.6 Å². The Morgan fingerprint density at radius 3 is 2.44 bits per heavy atom. The average Bonchev–Trinajstić information content (AvgIpc) is 2.83. The summed E-state index contributed by atoms with van der Waals surface area (Å²) in [6.07, 6.45) is -1.37. The van der Waals surface area contributed by atoms with Crippen LogP contribution in [-0.4, -0.2) is 43.0 Å². The van der Waals surface area contributed by atoms with E-state index in [2.05, 4.69) is 5.32 Å². The summed E-state index contributed by atoms with van der Waals surface area (Å²) in [5.74, 6) is 0.0868. The summed E-state index contributed by atoms with van der Waals surface area (Å²) < 4.78 is 50.3. The second-order valence-electron chi connectivity index (χ2n) is 8.14. The van der Waals surface area contributed by atoms with Crippen molar-refractivity contribution in [2.24, 2.45) is 0 Å². The molecule has 2 aromatic carbocycles. The molecule has 1 aliphatic rings. The zero-order valence-electron chi connectivity index (χ0n) is 19.3. The van der Waals surface area contributed by atoms with Gasteiger partial charge in [0.1, 0.15) is 0 Å². The topological polar surface area (TPSA) is 67.9 Å². The van der Waals surface area contributed by atoms with E-state index in [4.69, 9.17) is 9.47 Å². The van der Waals surface area contributed by atoms with Gasteiger partial charge in [0.05, 0.1) is 18.2 Å². The highest BCUT2D eigenvalue weighted by molar-refractivity contribution is 5.95. The molecule has 0 spiro atoms. The molecule has 0 aromatic heterocycles. The average molecular weight is 479 g/mol. The summed E-state index contributed by atoms with van der Waals surface area (Å²) in [7, 11) is 0. The van der Waals surface area contributed by atoms with Gasteiger partial charge in [-0.2, -0.15) is 13.2 Å². The summed E-state index contributed by atoms with van der Waals surface area (Å²) in [6, 6.07) is 8.78. The van der Waals surface area contributed by atoms with E-state index in [1.54, 1.807) is 24.8 Å². The number of nitrogens with one attached hydrogen (secondary N) is 1. The Morgan fingerprint density at radius 2 is 1.76 bits per heavy atom. The highest BCUT2D eigenvalue weighted by atomic mass is 19.4. The Kier molecular flexibility index (Phi) is 8.41. The number of amides is 2. The smallest absolute Gasteiger partial charge is 0.416 e. The first-order valence-corrected chi connectivity index (χ1v) is 11.3. The van der Waals surface area contributed by atoms with Crippen LogP contribution in [0.4, 0.5) is 13.2 Å². The van der Waals surface area contributed by atoms with Gasteiger partial charge in [0.15, 0.2) is 18.1 Å². The normalized spacial score (nSPS) is 14.9. The fourth-order valence-corrected chi connectivity index (χ4v) is 3.76. The van der Waals surface area contributed by atoms with Gasteiger partial charge < -0.3 is 19.7 Å². The van der Waals surface area contributed by atoms with Crippen molar-refractivity contribution in [2.75, 3.05) is 26.3 Å². The molecule has 1 atom stereocenters. The first kappa shape index (κ1) is 25.4. The van der Waals surface area contributed by atoms with Crippen molar-refractivity contribution in [3.8, 4) is 11.5 Å². The quantitative estimate of drug-likeness (QED) is 0.581. The van der Waals surface area contributed by atoms with Crippen molar-refractivity contribution in [3.05, 3.63) is 59.2 Å². The summed E-state index contributed by atoms with van der Waals surface area (Å²) in [6.45, 7) is 5.04. The van der Waals surface area contributed by atoms with Crippen LogP contribution >= 0.6 is 0 Å². The number of carbonyl (C=O) groups excluding carboxylic acids is 2. The molecule has 1 N–H and O–H groups in total. The number of halogens is 3. The number of hydrogen-bond acceptors (Lipinski definition) is 4. The maximum absolute atomic E-state index is 13.0. The van der Waals surface area contributed by atoms with E-state index in [0.29, 0.717) is 23.7 Å². The van der Waals surface area contributed by atoms with Crippen molar-refractivity contribution in [2.45, 2.75) is 45.3 Å². The molecule has 1 heterocycles. The Balaban J connectivity index is 1.67. The van der Waals surface area contributed by atoms with Crippen molar-refractivity contribution in [3.63, 3.8) is 0 Å². The van der Waals surface area contributed by atoms with E-state index in [0.717, 1.165) is 44.5 Å². The lowest BCUT2D eigenvalue weighted by molar-refractivity contribution is -0.137. The fourth-order valence-electron chi connectivity index (χ4n) is 3.76. The number of alkyl halides is 3. The summed E-state index contributed by atoms with van der Waals surface area (Å²) in [5.41, 5.74) is -0.174. The Labute approximate surface area is 197 Å². The van der Waals surface area contributed by atoms with Crippen LogP contribution in [0, 0.1) is 0 Å². The Morgan fingerprint density at radius 1 is 1.03 bits per heavy atom. The van der Waals surface area contributed by atoms with Gasteiger partial charge in [-0.25, -0.2) is 0 Å². The van der Waals surface area contributed by atoms with Crippen LogP contribution in [0.5, 0.6) is 11.5 Å². The molecule has 9 heteroatoms. The summed E-state index contributed by atoms with van der Waals surface area (Å²) in [5, 5.41) is 2.71. The van der Waals surface area contributed by atoms with Gasteiger partial charge in [-0.15, -0.1) is 0 Å². The number of ether oxygens (including phenoxy) is 2. The van der Waals surface area contributed by atoms with Gasteiger partial charge in [-0.3, -0.25) is 9.59 Å². The number of benzene rings is 2. The third-order valence-electron chi connectivity index (χ3n) is 5.63. The third kappa shape index (κ3) is 6.65. The summed E-state index contributed by atoms with van der Waals surface area (Å²) in [4.78, 5) is 26.9. The van der Waals surface area contributed by atoms with E-state index in [1.165, 1.54) is 24.3 Å². The van der Waals surface area contributed by atoms with E-state index in [-0.39, 0.29) is 18.1 Å². The van der Waals surface area contributed by atoms with E-state index in [1.807, 2.05) is 0 Å². The highest BCUT2D eigenvalue weighted by Crippen LogP contribution is 2.31. The lowest BCUT2D eigenvalue weighted by atomic mass is 10.0. The monoisotopic (exact) mass is 478 g/mol. The van der Waals surface area contributed by atoms with Gasteiger partial charge in [0.2, 0.25) is 0 Å². The molecule has 6 nitrogen and oxygen atoms in total. The van der Waals surface area contributed by atoms with Crippen LogP contribution in [0.25, 0.3) is 0 Å². The molecule has 0 bridgehead atoms. The fraction of sp³-hybridized carbons (Fsp3) is 0.440. The largest absolute Gasteiger partial charge is 0.490 e. The van der Waals surface area contributed by atoms with Crippen LogP contribution in [0.15, 0.2) is 42.5 Å². The predicted octanol–water partition coefficient (Wildman–Crippen LogP) is 4.99. The minimum Gasteiger partial charge on any atom is -0.490 e. The highest BCUT2D eigenvalue weighted by Gasteiger charge is 2.30. The molecular formula is C25H29F3N2O4. The number of hydrogen-bond donors (Lipinski definition) is 1. The molecule has 0 saturated carbocycles. The molecule has 1 aliphatic heterocycles. The molecule has 1 saturated heterocycles. The van der Waals surface area contributed by atoms with E-state index < -0.39 is 23.7 Å². The minimum atomic E-state index is -4.46. The molecule has 0 radical (unpaired) electrons. The zero-order valence-corrected chi connectivity index (χ0v) is 19.3. The van der Waals surface area contributed by atoms with E-state index >= 15 is 0 Å².